The van der Waals surface area contributed by atoms with E-state index in [-0.39, 0.29) is 43.3 Å². The molecule has 0 fully saturated rings. The molecule has 0 unspecified atom stereocenters. The molecule has 7 nitrogen and oxygen atoms in total. The van der Waals surface area contributed by atoms with Gasteiger partial charge in [-0.15, -0.1) is 13.2 Å². The quantitative estimate of drug-likeness (QED) is 0.167. The van der Waals surface area contributed by atoms with Crippen LogP contribution in [0.15, 0.2) is 86.0 Å². The van der Waals surface area contributed by atoms with Gasteiger partial charge in [0.1, 0.15) is 6.61 Å². The van der Waals surface area contributed by atoms with Gasteiger partial charge in [-0.05, 0) is 48.6 Å². The summed E-state index contributed by atoms with van der Waals surface area (Å²) < 4.78 is 5.79. The Morgan fingerprint density at radius 1 is 0.881 bits per heavy atom. The third-order valence-electron chi connectivity index (χ3n) is 7.30. The molecule has 0 radical (unpaired) electrons. The van der Waals surface area contributed by atoms with Gasteiger partial charge in [-0.1, -0.05) is 93.6 Å². The van der Waals surface area contributed by atoms with Gasteiger partial charge in [0.05, 0.1) is 30.5 Å². The number of amides is 2. The first-order valence-electron chi connectivity index (χ1n) is 14.7. The molecule has 0 aliphatic rings. The number of carbonyl (C=O) groups is 3. The number of allylic oxidation sites excluding steroid dienone is 2. The minimum absolute atomic E-state index is 0.0180. The molecule has 0 saturated heterocycles. The highest BCUT2D eigenvalue weighted by molar-refractivity contribution is 5.86. The van der Waals surface area contributed by atoms with Crippen molar-refractivity contribution in [3.05, 3.63) is 97.1 Å². The average molecular weight is 577 g/mol. The molecule has 0 heterocycles. The summed E-state index contributed by atoms with van der Waals surface area (Å²) in [4.78, 5) is 39.4. The number of aliphatic hydroxyl groups excluding tert-OH is 1. The predicted octanol–water partition coefficient (Wildman–Crippen LogP) is 5.19. The van der Waals surface area contributed by atoms with Crippen LogP contribution in [-0.2, 0) is 32.0 Å². The van der Waals surface area contributed by atoms with Crippen LogP contribution in [0, 0.1) is 17.3 Å². The molecule has 0 saturated carbocycles. The molecule has 7 heteroatoms. The van der Waals surface area contributed by atoms with Crippen LogP contribution in [-0.4, -0.2) is 48.2 Å². The van der Waals surface area contributed by atoms with Gasteiger partial charge in [-0.2, -0.15) is 0 Å². The molecule has 0 bridgehead atoms. The third kappa shape index (κ3) is 12.4. The smallest absolute Gasteiger partial charge is 0.309 e. The van der Waals surface area contributed by atoms with E-state index < -0.39 is 23.4 Å². The zero-order valence-electron chi connectivity index (χ0n) is 25.4. The lowest BCUT2D eigenvalue weighted by molar-refractivity contribution is -0.151. The van der Waals surface area contributed by atoms with Crippen molar-refractivity contribution < 1.29 is 24.2 Å². The van der Waals surface area contributed by atoms with Gasteiger partial charge in [0, 0.05) is 6.42 Å². The second kappa shape index (κ2) is 18.0. The Balaban J connectivity index is 2.02. The van der Waals surface area contributed by atoms with Crippen LogP contribution in [0.4, 0.5) is 0 Å². The monoisotopic (exact) mass is 576 g/mol. The van der Waals surface area contributed by atoms with Gasteiger partial charge in [0.2, 0.25) is 11.8 Å². The zero-order chi connectivity index (χ0) is 31.0. The van der Waals surface area contributed by atoms with E-state index >= 15 is 0 Å². The number of esters is 1. The minimum Gasteiger partial charge on any atom is -0.463 e. The van der Waals surface area contributed by atoms with Gasteiger partial charge in [0.25, 0.3) is 0 Å². The van der Waals surface area contributed by atoms with Crippen molar-refractivity contribution in [3.8, 4) is 0 Å². The summed E-state index contributed by atoms with van der Waals surface area (Å²) >= 11 is 0. The summed E-state index contributed by atoms with van der Waals surface area (Å²) in [5.41, 5.74) is 1.64. The molecule has 4 atom stereocenters. The average Bonchev–Trinajstić information content (AvgIpc) is 2.97. The molecule has 3 N–H and O–H groups in total. The standard InChI is InChI=1S/C35H48N2O5/c1-6-8-20-29(21-26-16-11-9-12-17-26)34(41)42-25-31(35(3,4)5)37-33(40)28(15-7-2)23-32(39)36-30(24-38)22-27-18-13-10-14-19-27/h6-7,9-14,16-19,28-31,38H,1-2,8,15,20-25H2,3-5H3,(H,36,39)(H,37,40)/t28-,29-,30-,31-/m1/s1. The van der Waals surface area contributed by atoms with Crippen molar-refractivity contribution in [2.75, 3.05) is 13.2 Å². The highest BCUT2D eigenvalue weighted by Crippen LogP contribution is 2.23. The normalized spacial score (nSPS) is 14.1. The second-order valence-corrected chi connectivity index (χ2v) is 11.9. The molecular weight excluding hydrogens is 528 g/mol. The Morgan fingerprint density at radius 2 is 1.48 bits per heavy atom. The number of hydrogen-bond acceptors (Lipinski definition) is 5. The fourth-order valence-electron chi connectivity index (χ4n) is 4.66. The van der Waals surface area contributed by atoms with Crippen molar-refractivity contribution in [1.29, 1.82) is 0 Å². The molecule has 228 valence electrons. The van der Waals surface area contributed by atoms with Crippen LogP contribution in [0.2, 0.25) is 0 Å². The number of rotatable bonds is 18. The van der Waals surface area contributed by atoms with Crippen LogP contribution in [0.5, 0.6) is 0 Å². The van der Waals surface area contributed by atoms with Crippen LogP contribution in [0.3, 0.4) is 0 Å². The van der Waals surface area contributed by atoms with Gasteiger partial charge >= 0.3 is 5.97 Å². The molecule has 2 amide bonds. The van der Waals surface area contributed by atoms with Crippen LogP contribution < -0.4 is 10.6 Å². The Labute approximate surface area is 251 Å². The van der Waals surface area contributed by atoms with E-state index in [4.69, 9.17) is 4.74 Å². The topological polar surface area (TPSA) is 105 Å². The first kappa shape index (κ1) is 34.5. The van der Waals surface area contributed by atoms with Gasteiger partial charge in [0.15, 0.2) is 0 Å². The Morgan fingerprint density at radius 3 is 2.00 bits per heavy atom. The van der Waals surface area contributed by atoms with E-state index in [2.05, 4.69) is 23.8 Å². The molecule has 2 rings (SSSR count). The maximum atomic E-state index is 13.4. The lowest BCUT2D eigenvalue weighted by atomic mass is 9.86. The fraction of sp³-hybridized carbons (Fsp3) is 0.457. The third-order valence-corrected chi connectivity index (χ3v) is 7.30. The molecule has 0 aliphatic carbocycles. The van der Waals surface area contributed by atoms with E-state index in [9.17, 15) is 19.5 Å². The van der Waals surface area contributed by atoms with Crippen molar-refractivity contribution in [1.82, 2.24) is 10.6 Å². The lowest BCUT2D eigenvalue weighted by Gasteiger charge is -2.32. The minimum atomic E-state index is -0.655. The zero-order valence-corrected chi connectivity index (χ0v) is 25.4. The van der Waals surface area contributed by atoms with E-state index in [0.29, 0.717) is 32.1 Å². The second-order valence-electron chi connectivity index (χ2n) is 11.9. The molecule has 2 aromatic rings. The molecular formula is C35H48N2O5. The summed E-state index contributed by atoms with van der Waals surface area (Å²) in [5, 5.41) is 15.7. The van der Waals surface area contributed by atoms with Gasteiger partial charge < -0.3 is 20.5 Å². The summed E-state index contributed by atoms with van der Waals surface area (Å²) in [6.45, 7) is 13.3. The highest BCUT2D eigenvalue weighted by Gasteiger charge is 2.32. The summed E-state index contributed by atoms with van der Waals surface area (Å²) in [7, 11) is 0. The van der Waals surface area contributed by atoms with Crippen LogP contribution in [0.1, 0.15) is 57.6 Å². The Kier molecular flexibility index (Phi) is 14.7. The number of ether oxygens (including phenoxy) is 1. The Hall–Kier alpha value is -3.71. The number of benzene rings is 2. The number of carbonyl (C=O) groups excluding carboxylic acids is 3. The maximum Gasteiger partial charge on any atom is 0.309 e. The van der Waals surface area contributed by atoms with Crippen molar-refractivity contribution in [2.45, 2.75) is 71.4 Å². The molecule has 0 spiro atoms. The van der Waals surface area contributed by atoms with Crippen LogP contribution >= 0.6 is 0 Å². The highest BCUT2D eigenvalue weighted by atomic mass is 16.5. The number of aliphatic hydroxyl groups is 1. The van der Waals surface area contributed by atoms with Crippen LogP contribution in [0.25, 0.3) is 0 Å². The van der Waals surface area contributed by atoms with Crippen molar-refractivity contribution in [3.63, 3.8) is 0 Å². The molecule has 0 aliphatic heterocycles. The molecule has 2 aromatic carbocycles. The summed E-state index contributed by atoms with van der Waals surface area (Å²) in [5.74, 6) is -1.92. The fourth-order valence-corrected chi connectivity index (χ4v) is 4.66. The Bertz CT molecular complexity index is 1130. The number of nitrogens with one attached hydrogen (secondary N) is 2. The van der Waals surface area contributed by atoms with Gasteiger partial charge in [-0.3, -0.25) is 14.4 Å². The number of hydrogen-bond donors (Lipinski definition) is 3. The van der Waals surface area contributed by atoms with Crippen molar-refractivity contribution >= 4 is 17.8 Å². The summed E-state index contributed by atoms with van der Waals surface area (Å²) in [6.07, 6.45) is 6.03. The predicted molar refractivity (Wildman–Crippen MR) is 167 cm³/mol. The molecule has 0 aromatic heterocycles. The van der Waals surface area contributed by atoms with E-state index in [1.54, 1.807) is 12.2 Å². The van der Waals surface area contributed by atoms with E-state index in [1.807, 2.05) is 81.4 Å². The maximum absolute atomic E-state index is 13.4. The first-order valence-corrected chi connectivity index (χ1v) is 14.7. The SMILES string of the molecule is C=CCC[C@H](Cc1ccccc1)C(=O)OC[C@@H](NC(=O)[C@H](CC=C)CC(=O)N[C@@H](CO)Cc1ccccc1)C(C)(C)C. The summed E-state index contributed by atoms with van der Waals surface area (Å²) in [6, 6.07) is 18.5. The van der Waals surface area contributed by atoms with Crippen molar-refractivity contribution in [2.24, 2.45) is 17.3 Å². The largest absolute Gasteiger partial charge is 0.463 e. The first-order chi connectivity index (χ1) is 20.1. The van der Waals surface area contributed by atoms with E-state index in [1.165, 1.54) is 0 Å². The lowest BCUT2D eigenvalue weighted by Crippen LogP contribution is -2.50. The van der Waals surface area contributed by atoms with E-state index in [0.717, 1.165) is 11.1 Å². The van der Waals surface area contributed by atoms with Gasteiger partial charge in [-0.25, -0.2) is 0 Å². The molecule has 42 heavy (non-hydrogen) atoms.